The number of hydrogen-bond donors (Lipinski definition) is 1. The lowest BCUT2D eigenvalue weighted by molar-refractivity contribution is -0.116. The van der Waals surface area contributed by atoms with E-state index in [4.69, 9.17) is 5.26 Å². The number of rotatable bonds is 5. The van der Waals surface area contributed by atoms with Gasteiger partial charge in [0.2, 0.25) is 5.91 Å². The fraction of sp³-hybridized carbons (Fsp3) is 0.167. The molecule has 0 aliphatic carbocycles. The fourth-order valence-electron chi connectivity index (χ4n) is 2.12. The van der Waals surface area contributed by atoms with Gasteiger partial charge in [-0.3, -0.25) is 9.59 Å². The van der Waals surface area contributed by atoms with Crippen molar-refractivity contribution in [3.63, 3.8) is 0 Å². The fourth-order valence-corrected chi connectivity index (χ4v) is 2.12. The summed E-state index contributed by atoms with van der Waals surface area (Å²) in [4.78, 5) is 23.5. The summed E-state index contributed by atoms with van der Waals surface area (Å²) in [5.74, 6) is -0.221. The number of amides is 1. The largest absolute Gasteiger partial charge is 0.325 e. The van der Waals surface area contributed by atoms with Gasteiger partial charge < -0.3 is 5.32 Å². The van der Waals surface area contributed by atoms with Crippen LogP contribution in [0.15, 0.2) is 48.5 Å². The maximum absolute atomic E-state index is 12.0. The van der Waals surface area contributed by atoms with Crippen molar-refractivity contribution in [1.29, 1.82) is 5.26 Å². The van der Waals surface area contributed by atoms with Gasteiger partial charge in [-0.15, -0.1) is 0 Å². The number of nitriles is 1. The topological polar surface area (TPSA) is 70.0 Å². The van der Waals surface area contributed by atoms with E-state index in [9.17, 15) is 9.59 Å². The Morgan fingerprint density at radius 1 is 1.09 bits per heavy atom. The minimum absolute atomic E-state index is 0.0806. The molecule has 0 saturated carbocycles. The number of carbonyl (C=O) groups is 2. The zero-order valence-corrected chi connectivity index (χ0v) is 12.3. The quantitative estimate of drug-likeness (QED) is 0.859. The van der Waals surface area contributed by atoms with E-state index in [2.05, 4.69) is 11.4 Å². The van der Waals surface area contributed by atoms with Crippen molar-refractivity contribution in [3.8, 4) is 6.07 Å². The van der Waals surface area contributed by atoms with Crippen LogP contribution in [0.3, 0.4) is 0 Å². The van der Waals surface area contributed by atoms with Crippen molar-refractivity contribution in [1.82, 2.24) is 0 Å². The average Bonchev–Trinajstić information content (AvgIpc) is 2.53. The summed E-state index contributed by atoms with van der Waals surface area (Å²) in [6.45, 7) is 1.47. The van der Waals surface area contributed by atoms with E-state index in [1.807, 2.05) is 12.1 Å². The van der Waals surface area contributed by atoms with E-state index in [0.717, 1.165) is 5.56 Å². The molecule has 0 aliphatic rings. The summed E-state index contributed by atoms with van der Waals surface area (Å²) in [7, 11) is 0. The van der Waals surface area contributed by atoms with Crippen molar-refractivity contribution in [3.05, 3.63) is 65.2 Å². The number of hydrogen-bond acceptors (Lipinski definition) is 3. The molecule has 2 aromatic rings. The van der Waals surface area contributed by atoms with Gasteiger partial charge >= 0.3 is 0 Å². The highest BCUT2D eigenvalue weighted by atomic mass is 16.1. The molecule has 110 valence electrons. The number of anilines is 1. The minimum atomic E-state index is -0.141. The SMILES string of the molecule is CC(=O)c1ccccc1NC(=O)CCc1ccc(C#N)cc1. The lowest BCUT2D eigenvalue weighted by Crippen LogP contribution is -2.14. The van der Waals surface area contributed by atoms with Crippen LogP contribution in [0.25, 0.3) is 0 Å². The standard InChI is InChI=1S/C18H16N2O2/c1-13(21)16-4-2-3-5-17(16)20-18(22)11-10-14-6-8-15(12-19)9-7-14/h2-9H,10-11H2,1H3,(H,20,22). The molecule has 0 atom stereocenters. The molecule has 0 unspecified atom stereocenters. The summed E-state index contributed by atoms with van der Waals surface area (Å²) in [5.41, 5.74) is 2.65. The van der Waals surface area contributed by atoms with Gasteiger partial charge in [0, 0.05) is 12.0 Å². The van der Waals surface area contributed by atoms with Crippen molar-refractivity contribution in [2.24, 2.45) is 0 Å². The number of carbonyl (C=O) groups excluding carboxylic acids is 2. The van der Waals surface area contributed by atoms with Crippen molar-refractivity contribution in [2.45, 2.75) is 19.8 Å². The number of ketones is 1. The maximum atomic E-state index is 12.0. The van der Waals surface area contributed by atoms with E-state index in [0.29, 0.717) is 29.7 Å². The second-order valence-corrected chi connectivity index (χ2v) is 4.96. The van der Waals surface area contributed by atoms with Crippen molar-refractivity contribution < 1.29 is 9.59 Å². The molecule has 0 radical (unpaired) electrons. The third kappa shape index (κ3) is 4.03. The van der Waals surface area contributed by atoms with Crippen LogP contribution in [0.2, 0.25) is 0 Å². The number of aryl methyl sites for hydroxylation is 1. The highest BCUT2D eigenvalue weighted by Gasteiger charge is 2.09. The number of nitrogens with zero attached hydrogens (tertiary/aromatic N) is 1. The molecule has 0 fully saturated rings. The molecule has 4 nitrogen and oxygen atoms in total. The zero-order chi connectivity index (χ0) is 15.9. The van der Waals surface area contributed by atoms with E-state index in [-0.39, 0.29) is 11.7 Å². The molecular formula is C18H16N2O2. The van der Waals surface area contributed by atoms with Crippen LogP contribution >= 0.6 is 0 Å². The Labute approximate surface area is 129 Å². The molecule has 22 heavy (non-hydrogen) atoms. The summed E-state index contributed by atoms with van der Waals surface area (Å²) < 4.78 is 0. The Morgan fingerprint density at radius 2 is 1.77 bits per heavy atom. The molecule has 0 aliphatic heterocycles. The summed E-state index contributed by atoms with van der Waals surface area (Å²) in [6.07, 6.45) is 0.901. The first-order chi connectivity index (χ1) is 10.6. The molecule has 0 heterocycles. The van der Waals surface area contributed by atoms with E-state index >= 15 is 0 Å². The predicted molar refractivity (Wildman–Crippen MR) is 84.6 cm³/mol. The van der Waals surface area contributed by atoms with Crippen LogP contribution in [0.1, 0.15) is 34.8 Å². The number of Topliss-reactive ketones (excluding diaryl/α,β-unsaturated/α-hetero) is 1. The normalized spacial score (nSPS) is 9.82. The predicted octanol–water partition coefficient (Wildman–Crippen LogP) is 3.33. The van der Waals surface area contributed by atoms with E-state index in [1.54, 1.807) is 36.4 Å². The molecule has 2 aromatic carbocycles. The highest BCUT2D eigenvalue weighted by Crippen LogP contribution is 2.16. The van der Waals surface area contributed by atoms with Crippen LogP contribution in [0.4, 0.5) is 5.69 Å². The first-order valence-corrected chi connectivity index (χ1v) is 6.99. The third-order valence-electron chi connectivity index (χ3n) is 3.30. The second-order valence-electron chi connectivity index (χ2n) is 4.96. The monoisotopic (exact) mass is 292 g/mol. The molecule has 0 saturated heterocycles. The van der Waals surface area contributed by atoms with Crippen molar-refractivity contribution >= 4 is 17.4 Å². The van der Waals surface area contributed by atoms with Gasteiger partial charge in [-0.25, -0.2) is 0 Å². The first kappa shape index (κ1) is 15.5. The third-order valence-corrected chi connectivity index (χ3v) is 3.30. The molecule has 0 bridgehead atoms. The molecular weight excluding hydrogens is 276 g/mol. The van der Waals surface area contributed by atoms with Crippen LogP contribution in [-0.4, -0.2) is 11.7 Å². The summed E-state index contributed by atoms with van der Waals surface area (Å²) >= 11 is 0. The lowest BCUT2D eigenvalue weighted by Gasteiger charge is -2.09. The molecule has 0 aromatic heterocycles. The van der Waals surface area contributed by atoms with Gasteiger partial charge in [0.1, 0.15) is 0 Å². The zero-order valence-electron chi connectivity index (χ0n) is 12.3. The summed E-state index contributed by atoms with van der Waals surface area (Å²) in [5, 5.41) is 11.5. The van der Waals surface area contributed by atoms with Gasteiger partial charge in [0.05, 0.1) is 17.3 Å². The molecule has 1 amide bonds. The number of para-hydroxylation sites is 1. The Morgan fingerprint density at radius 3 is 2.41 bits per heavy atom. The lowest BCUT2D eigenvalue weighted by atomic mass is 10.1. The van der Waals surface area contributed by atoms with Gasteiger partial charge in [-0.2, -0.15) is 5.26 Å². The number of nitrogens with one attached hydrogen (secondary N) is 1. The van der Waals surface area contributed by atoms with Crippen LogP contribution < -0.4 is 5.32 Å². The maximum Gasteiger partial charge on any atom is 0.224 e. The Hall–Kier alpha value is -2.93. The Balaban J connectivity index is 1.96. The van der Waals surface area contributed by atoms with Crippen LogP contribution in [0.5, 0.6) is 0 Å². The molecule has 0 spiro atoms. The second kappa shape index (κ2) is 7.19. The molecule has 4 heteroatoms. The average molecular weight is 292 g/mol. The summed E-state index contributed by atoms with van der Waals surface area (Å²) in [6, 6.07) is 16.2. The van der Waals surface area contributed by atoms with Gasteiger partial charge in [0.25, 0.3) is 0 Å². The minimum Gasteiger partial charge on any atom is -0.325 e. The van der Waals surface area contributed by atoms with Crippen LogP contribution in [0, 0.1) is 11.3 Å². The Kier molecular flexibility index (Phi) is 5.05. The van der Waals surface area contributed by atoms with Crippen molar-refractivity contribution in [2.75, 3.05) is 5.32 Å². The molecule has 1 N–H and O–H groups in total. The molecule has 2 rings (SSSR count). The van der Waals surface area contributed by atoms with Gasteiger partial charge in [-0.05, 0) is 43.2 Å². The number of benzene rings is 2. The highest BCUT2D eigenvalue weighted by molar-refractivity contribution is 6.03. The van der Waals surface area contributed by atoms with Crippen LogP contribution in [-0.2, 0) is 11.2 Å². The van der Waals surface area contributed by atoms with E-state index < -0.39 is 0 Å². The first-order valence-electron chi connectivity index (χ1n) is 6.99. The smallest absolute Gasteiger partial charge is 0.224 e. The van der Waals surface area contributed by atoms with Gasteiger partial charge in [0.15, 0.2) is 5.78 Å². The Bertz CT molecular complexity index is 727. The van der Waals surface area contributed by atoms with E-state index in [1.165, 1.54) is 6.92 Å². The van der Waals surface area contributed by atoms with Gasteiger partial charge in [-0.1, -0.05) is 24.3 Å².